The first kappa shape index (κ1) is 25.8. The number of aryl methyl sites for hydroxylation is 1. The van der Waals surface area contributed by atoms with Gasteiger partial charge >= 0.3 is 6.03 Å². The van der Waals surface area contributed by atoms with Crippen LogP contribution in [0.3, 0.4) is 0 Å². The quantitative estimate of drug-likeness (QED) is 0.472. The Morgan fingerprint density at radius 3 is 2.17 bits per heavy atom. The first-order valence-corrected chi connectivity index (χ1v) is 12.6. The molecule has 0 spiro atoms. The molecule has 3 aromatic carbocycles. The number of hydrogen-bond donors (Lipinski definition) is 2. The van der Waals surface area contributed by atoms with E-state index in [1.807, 2.05) is 42.0 Å². The molecule has 0 aromatic heterocycles. The molecule has 3 amide bonds. The smallest absolute Gasteiger partial charge is 0.329 e. The zero-order valence-corrected chi connectivity index (χ0v) is 20.7. The fourth-order valence-electron chi connectivity index (χ4n) is 3.69. The van der Waals surface area contributed by atoms with E-state index in [1.165, 1.54) is 11.0 Å². The van der Waals surface area contributed by atoms with E-state index in [-0.39, 0.29) is 17.2 Å². The Hall–Kier alpha value is -3.85. The maximum absolute atomic E-state index is 13.6. The van der Waals surface area contributed by atoms with Crippen LogP contribution < -0.4 is 19.7 Å². The van der Waals surface area contributed by atoms with E-state index >= 15 is 0 Å². The van der Waals surface area contributed by atoms with Crippen molar-refractivity contribution in [2.75, 3.05) is 18.6 Å². The van der Waals surface area contributed by atoms with Crippen molar-refractivity contribution in [1.29, 1.82) is 0 Å². The van der Waals surface area contributed by atoms with Crippen molar-refractivity contribution < 1.29 is 22.7 Å². The van der Waals surface area contributed by atoms with Crippen LogP contribution in [0.25, 0.3) is 0 Å². The molecule has 0 fully saturated rings. The molecule has 1 atom stereocenters. The summed E-state index contributed by atoms with van der Waals surface area (Å²) in [7, 11) is -2.56. The van der Waals surface area contributed by atoms with Gasteiger partial charge in [0.25, 0.3) is 10.0 Å². The third-order valence-corrected chi connectivity index (χ3v) is 6.95. The molecule has 8 nitrogen and oxygen atoms in total. The van der Waals surface area contributed by atoms with Crippen LogP contribution in [0, 0.1) is 6.92 Å². The second kappa shape index (κ2) is 11.5. The van der Waals surface area contributed by atoms with E-state index in [9.17, 15) is 18.0 Å². The lowest BCUT2D eigenvalue weighted by atomic mass is 10.0. The molecule has 9 heteroatoms. The highest BCUT2D eigenvalue weighted by molar-refractivity contribution is 7.90. The van der Waals surface area contributed by atoms with Gasteiger partial charge in [0.05, 0.1) is 12.0 Å². The Balaban J connectivity index is 1.85. The number of nitrogens with zero attached hydrogens (tertiary/aromatic N) is 1. The van der Waals surface area contributed by atoms with Crippen LogP contribution in [0.4, 0.5) is 10.5 Å². The number of carbonyl (C=O) groups is 2. The topological polar surface area (TPSA) is 105 Å². The highest BCUT2D eigenvalue weighted by Gasteiger charge is 2.28. The number of urea groups is 1. The first-order chi connectivity index (χ1) is 16.7. The summed E-state index contributed by atoms with van der Waals surface area (Å²) in [5.41, 5.74) is 1.95. The molecule has 3 aromatic rings. The predicted octanol–water partition coefficient (Wildman–Crippen LogP) is 3.66. The third-order valence-electron chi connectivity index (χ3n) is 5.46. The van der Waals surface area contributed by atoms with Crippen LogP contribution >= 0.6 is 0 Å². The average Bonchev–Trinajstić information content (AvgIpc) is 2.85. The summed E-state index contributed by atoms with van der Waals surface area (Å²) < 4.78 is 32.8. The summed E-state index contributed by atoms with van der Waals surface area (Å²) in [5, 5.41) is 2.57. The lowest BCUT2D eigenvalue weighted by Crippen LogP contribution is -2.53. The number of methoxy groups -OCH3 is 1. The summed E-state index contributed by atoms with van der Waals surface area (Å²) in [4.78, 5) is 27.9. The molecule has 35 heavy (non-hydrogen) atoms. The Bertz CT molecular complexity index is 1260. The van der Waals surface area contributed by atoms with Crippen LogP contribution in [0.2, 0.25) is 0 Å². The number of ether oxygens (including phenoxy) is 1. The minimum absolute atomic E-state index is 0.00509. The second-order valence-electron chi connectivity index (χ2n) is 7.87. The van der Waals surface area contributed by atoms with Crippen molar-refractivity contribution in [1.82, 2.24) is 10.0 Å². The number of hydrogen-bond acceptors (Lipinski definition) is 5. The lowest BCUT2D eigenvalue weighted by molar-refractivity contribution is -0.120. The standard InChI is InChI=1S/C26H29N3O5S/c1-4-29(21-14-16-22(34-3)17-15-21)25(30)23(18-20-11-6-5-7-12-20)27-26(31)28-35(32,33)24-13-9-8-10-19(24)2/h5-17,23H,4,18H2,1-3H3,(H2,27,28,31). The minimum atomic E-state index is -4.12. The van der Waals surface area contributed by atoms with Crippen LogP contribution in [0.5, 0.6) is 5.75 Å². The maximum atomic E-state index is 13.6. The van der Waals surface area contributed by atoms with Crippen molar-refractivity contribution in [3.05, 3.63) is 90.0 Å². The SMILES string of the molecule is CCN(C(=O)C(Cc1ccccc1)NC(=O)NS(=O)(=O)c1ccccc1C)c1ccc(OC)cc1. The molecule has 0 aliphatic heterocycles. The predicted molar refractivity (Wildman–Crippen MR) is 135 cm³/mol. The van der Waals surface area contributed by atoms with Gasteiger partial charge in [-0.25, -0.2) is 17.9 Å². The number of carbonyl (C=O) groups excluding carboxylic acids is 2. The Morgan fingerprint density at radius 2 is 1.57 bits per heavy atom. The highest BCUT2D eigenvalue weighted by Crippen LogP contribution is 2.21. The average molecular weight is 496 g/mol. The summed E-state index contributed by atoms with van der Waals surface area (Å²) in [6.07, 6.45) is 0.185. The molecular formula is C26H29N3O5S. The van der Waals surface area contributed by atoms with E-state index in [0.717, 1.165) is 5.56 Å². The van der Waals surface area contributed by atoms with Crippen molar-refractivity contribution in [2.24, 2.45) is 0 Å². The van der Waals surface area contributed by atoms with Gasteiger partial charge in [-0.2, -0.15) is 0 Å². The minimum Gasteiger partial charge on any atom is -0.497 e. The van der Waals surface area contributed by atoms with Gasteiger partial charge in [0.15, 0.2) is 0 Å². The number of anilines is 1. The molecule has 0 aliphatic rings. The molecule has 0 aliphatic carbocycles. The van der Waals surface area contributed by atoms with Gasteiger partial charge in [0.1, 0.15) is 11.8 Å². The van der Waals surface area contributed by atoms with Gasteiger partial charge in [-0.3, -0.25) is 4.79 Å². The Kier molecular flexibility index (Phi) is 8.48. The van der Waals surface area contributed by atoms with E-state index in [2.05, 4.69) is 5.32 Å². The first-order valence-electron chi connectivity index (χ1n) is 11.1. The van der Waals surface area contributed by atoms with E-state index in [4.69, 9.17) is 4.74 Å². The Labute approximate surface area is 206 Å². The third kappa shape index (κ3) is 6.60. The van der Waals surface area contributed by atoms with Gasteiger partial charge in [0, 0.05) is 18.7 Å². The largest absolute Gasteiger partial charge is 0.497 e. The molecule has 0 saturated carbocycles. The summed E-state index contributed by atoms with van der Waals surface area (Å²) in [6.45, 7) is 3.81. The molecule has 2 N–H and O–H groups in total. The number of sulfonamides is 1. The molecule has 1 unspecified atom stereocenters. The van der Waals surface area contributed by atoms with Gasteiger partial charge in [0.2, 0.25) is 5.91 Å². The fourth-order valence-corrected chi connectivity index (χ4v) is 4.85. The van der Waals surface area contributed by atoms with Crippen molar-refractivity contribution in [3.63, 3.8) is 0 Å². The van der Waals surface area contributed by atoms with Crippen LogP contribution in [0.15, 0.2) is 83.8 Å². The highest BCUT2D eigenvalue weighted by atomic mass is 32.2. The molecule has 0 saturated heterocycles. The van der Waals surface area contributed by atoms with E-state index in [0.29, 0.717) is 23.5 Å². The van der Waals surface area contributed by atoms with Gasteiger partial charge in [-0.15, -0.1) is 0 Å². The van der Waals surface area contributed by atoms with Crippen molar-refractivity contribution in [3.8, 4) is 5.75 Å². The molecule has 0 bridgehead atoms. The molecule has 184 valence electrons. The molecular weight excluding hydrogens is 466 g/mol. The van der Waals surface area contributed by atoms with Gasteiger partial charge in [-0.05, 0) is 55.3 Å². The van der Waals surface area contributed by atoms with Crippen molar-refractivity contribution in [2.45, 2.75) is 31.2 Å². The van der Waals surface area contributed by atoms with Gasteiger partial charge < -0.3 is 15.0 Å². The molecule has 0 radical (unpaired) electrons. The zero-order valence-electron chi connectivity index (χ0n) is 19.9. The number of benzene rings is 3. The summed E-state index contributed by atoms with van der Waals surface area (Å²) in [6, 6.07) is 20.6. The molecule has 0 heterocycles. The monoisotopic (exact) mass is 495 g/mol. The van der Waals surface area contributed by atoms with Crippen molar-refractivity contribution >= 4 is 27.6 Å². The Morgan fingerprint density at radius 1 is 0.943 bits per heavy atom. The lowest BCUT2D eigenvalue weighted by Gasteiger charge is -2.27. The van der Waals surface area contributed by atoms with E-state index < -0.39 is 22.1 Å². The van der Waals surface area contributed by atoms with Gasteiger partial charge in [-0.1, -0.05) is 48.5 Å². The number of amides is 3. The summed E-state index contributed by atoms with van der Waals surface area (Å²) in [5.74, 6) is 0.280. The molecule has 3 rings (SSSR count). The maximum Gasteiger partial charge on any atom is 0.329 e. The number of nitrogens with one attached hydrogen (secondary N) is 2. The summed E-state index contributed by atoms with van der Waals surface area (Å²) >= 11 is 0. The second-order valence-corrected chi connectivity index (χ2v) is 9.52. The van der Waals surface area contributed by atoms with Crippen LogP contribution in [-0.4, -0.2) is 40.1 Å². The fraction of sp³-hybridized carbons (Fsp3) is 0.231. The van der Waals surface area contributed by atoms with Crippen LogP contribution in [0.1, 0.15) is 18.1 Å². The number of likely N-dealkylation sites (N-methyl/N-ethyl adjacent to an activating group) is 1. The number of rotatable bonds is 9. The zero-order chi connectivity index (χ0) is 25.4. The normalized spacial score (nSPS) is 11.9. The van der Waals surface area contributed by atoms with E-state index in [1.54, 1.807) is 56.5 Å². The van der Waals surface area contributed by atoms with Crippen LogP contribution in [-0.2, 0) is 21.2 Å².